The number of carbonyl (C=O) groups excluding carboxylic acids is 1. The summed E-state index contributed by atoms with van der Waals surface area (Å²) >= 11 is 15.1. The molecule has 0 bridgehead atoms. The number of benzene rings is 2. The zero-order valence-corrected chi connectivity index (χ0v) is 13.3. The molecule has 0 unspecified atom stereocenters. The Morgan fingerprint density at radius 1 is 1.10 bits per heavy atom. The Morgan fingerprint density at radius 2 is 1.80 bits per heavy atom. The number of halogens is 3. The SMILES string of the molecule is O=C(/C=C/Nc1ccc(Cl)cc1Cl)c1ccc(Br)cc1. The lowest BCUT2D eigenvalue weighted by Gasteiger charge is -2.03. The van der Waals surface area contributed by atoms with Gasteiger partial charge in [0.15, 0.2) is 5.78 Å². The molecule has 0 heterocycles. The molecule has 20 heavy (non-hydrogen) atoms. The molecule has 0 saturated heterocycles. The lowest BCUT2D eigenvalue weighted by molar-refractivity contribution is 0.104. The van der Waals surface area contributed by atoms with Crippen LogP contribution in [0.25, 0.3) is 0 Å². The van der Waals surface area contributed by atoms with Gasteiger partial charge in [0, 0.05) is 27.3 Å². The molecule has 0 aromatic heterocycles. The Kier molecular flexibility index (Phi) is 5.24. The molecule has 0 aliphatic carbocycles. The largest absolute Gasteiger partial charge is 0.360 e. The summed E-state index contributed by atoms with van der Waals surface area (Å²) in [5.41, 5.74) is 1.31. The van der Waals surface area contributed by atoms with Crippen LogP contribution in [0.5, 0.6) is 0 Å². The molecule has 0 radical (unpaired) electrons. The molecular formula is C15H10BrCl2NO. The van der Waals surface area contributed by atoms with Gasteiger partial charge in [-0.3, -0.25) is 4.79 Å². The predicted molar refractivity (Wildman–Crippen MR) is 87.7 cm³/mol. The Morgan fingerprint density at radius 3 is 2.45 bits per heavy atom. The van der Waals surface area contributed by atoms with Crippen molar-refractivity contribution < 1.29 is 4.79 Å². The van der Waals surface area contributed by atoms with Crippen LogP contribution >= 0.6 is 39.1 Å². The van der Waals surface area contributed by atoms with Crippen molar-refractivity contribution in [2.75, 3.05) is 5.32 Å². The topological polar surface area (TPSA) is 29.1 Å². The molecule has 2 aromatic rings. The van der Waals surface area contributed by atoms with E-state index in [0.29, 0.717) is 21.3 Å². The van der Waals surface area contributed by atoms with Crippen LogP contribution in [-0.2, 0) is 0 Å². The number of hydrogen-bond donors (Lipinski definition) is 1. The van der Waals surface area contributed by atoms with Gasteiger partial charge in [0.25, 0.3) is 0 Å². The number of anilines is 1. The van der Waals surface area contributed by atoms with E-state index in [1.54, 1.807) is 36.5 Å². The quantitative estimate of drug-likeness (QED) is 0.563. The van der Waals surface area contributed by atoms with Crippen LogP contribution in [0.3, 0.4) is 0 Å². The van der Waals surface area contributed by atoms with Gasteiger partial charge in [-0.05, 0) is 42.5 Å². The van der Waals surface area contributed by atoms with Crippen LogP contribution in [0.2, 0.25) is 10.0 Å². The molecule has 2 aromatic carbocycles. The van der Waals surface area contributed by atoms with Crippen molar-refractivity contribution in [2.45, 2.75) is 0 Å². The number of allylic oxidation sites excluding steroid dienone is 1. The average molecular weight is 371 g/mol. The summed E-state index contributed by atoms with van der Waals surface area (Å²) in [5, 5.41) is 4.01. The molecule has 5 heteroatoms. The summed E-state index contributed by atoms with van der Waals surface area (Å²) in [6.45, 7) is 0. The van der Waals surface area contributed by atoms with Crippen molar-refractivity contribution >= 4 is 50.6 Å². The highest BCUT2D eigenvalue weighted by atomic mass is 79.9. The van der Waals surface area contributed by atoms with Crippen molar-refractivity contribution in [3.05, 3.63) is 74.8 Å². The Labute approximate surface area is 135 Å². The van der Waals surface area contributed by atoms with Gasteiger partial charge in [-0.2, -0.15) is 0 Å². The van der Waals surface area contributed by atoms with Crippen LogP contribution in [0, 0.1) is 0 Å². The van der Waals surface area contributed by atoms with Crippen LogP contribution in [0.4, 0.5) is 5.69 Å². The molecule has 0 amide bonds. The molecule has 0 fully saturated rings. The van der Waals surface area contributed by atoms with Crippen LogP contribution in [0.15, 0.2) is 59.2 Å². The zero-order chi connectivity index (χ0) is 14.5. The lowest BCUT2D eigenvalue weighted by atomic mass is 10.1. The highest BCUT2D eigenvalue weighted by Gasteiger charge is 2.02. The first-order chi connectivity index (χ1) is 9.56. The smallest absolute Gasteiger partial charge is 0.187 e. The van der Waals surface area contributed by atoms with Gasteiger partial charge in [-0.1, -0.05) is 39.1 Å². The summed E-state index contributed by atoms with van der Waals surface area (Å²) < 4.78 is 0.934. The maximum absolute atomic E-state index is 11.9. The highest BCUT2D eigenvalue weighted by molar-refractivity contribution is 9.10. The first-order valence-electron chi connectivity index (χ1n) is 5.74. The third kappa shape index (κ3) is 4.10. The number of nitrogens with one attached hydrogen (secondary N) is 1. The maximum Gasteiger partial charge on any atom is 0.187 e. The average Bonchev–Trinajstić information content (AvgIpc) is 2.42. The Hall–Kier alpha value is -1.29. The minimum absolute atomic E-state index is 0.0879. The molecular weight excluding hydrogens is 361 g/mol. The molecule has 0 atom stereocenters. The van der Waals surface area contributed by atoms with Crippen molar-refractivity contribution in [3.63, 3.8) is 0 Å². The fraction of sp³-hybridized carbons (Fsp3) is 0. The van der Waals surface area contributed by atoms with E-state index in [-0.39, 0.29) is 5.78 Å². The van der Waals surface area contributed by atoms with Gasteiger partial charge in [0.1, 0.15) is 0 Å². The van der Waals surface area contributed by atoms with Gasteiger partial charge in [0.2, 0.25) is 0 Å². The summed E-state index contributed by atoms with van der Waals surface area (Å²) in [4.78, 5) is 11.9. The highest BCUT2D eigenvalue weighted by Crippen LogP contribution is 2.25. The number of carbonyl (C=O) groups is 1. The lowest BCUT2D eigenvalue weighted by Crippen LogP contribution is -1.96. The second-order valence-electron chi connectivity index (χ2n) is 3.97. The van der Waals surface area contributed by atoms with E-state index in [2.05, 4.69) is 21.2 Å². The van der Waals surface area contributed by atoms with E-state index < -0.39 is 0 Å². The van der Waals surface area contributed by atoms with Crippen molar-refractivity contribution in [1.82, 2.24) is 0 Å². The molecule has 2 nitrogen and oxygen atoms in total. The van der Waals surface area contributed by atoms with Crippen molar-refractivity contribution in [3.8, 4) is 0 Å². The normalized spacial score (nSPS) is 10.8. The molecule has 0 aliphatic rings. The molecule has 1 N–H and O–H groups in total. The molecule has 102 valence electrons. The van der Waals surface area contributed by atoms with Gasteiger partial charge in [-0.25, -0.2) is 0 Å². The summed E-state index contributed by atoms with van der Waals surface area (Å²) in [5.74, 6) is -0.0879. The summed E-state index contributed by atoms with van der Waals surface area (Å²) in [7, 11) is 0. The molecule has 0 aliphatic heterocycles. The zero-order valence-electron chi connectivity index (χ0n) is 10.2. The number of rotatable bonds is 4. The minimum atomic E-state index is -0.0879. The van der Waals surface area contributed by atoms with Crippen molar-refractivity contribution in [1.29, 1.82) is 0 Å². The first kappa shape index (κ1) is 15.1. The standard InChI is InChI=1S/C15H10BrCl2NO/c16-11-3-1-10(2-4-11)15(20)7-8-19-14-6-5-12(17)9-13(14)18/h1-9,19H/b8-7+. The van der Waals surface area contributed by atoms with E-state index in [9.17, 15) is 4.79 Å². The Balaban J connectivity index is 2.02. The fourth-order valence-electron chi connectivity index (χ4n) is 1.52. The van der Waals surface area contributed by atoms with Gasteiger partial charge in [-0.15, -0.1) is 0 Å². The van der Waals surface area contributed by atoms with Gasteiger partial charge >= 0.3 is 0 Å². The van der Waals surface area contributed by atoms with Crippen LogP contribution < -0.4 is 5.32 Å². The summed E-state index contributed by atoms with van der Waals surface area (Å²) in [6.07, 6.45) is 3.01. The van der Waals surface area contributed by atoms with Crippen molar-refractivity contribution in [2.24, 2.45) is 0 Å². The second kappa shape index (κ2) is 6.93. The van der Waals surface area contributed by atoms with Crippen LogP contribution in [0.1, 0.15) is 10.4 Å². The van der Waals surface area contributed by atoms with E-state index in [0.717, 1.165) is 4.47 Å². The predicted octanol–water partition coefficient (Wildman–Crippen LogP) is 5.56. The molecule has 0 spiro atoms. The third-order valence-electron chi connectivity index (χ3n) is 2.53. The molecule has 0 saturated carbocycles. The third-order valence-corrected chi connectivity index (χ3v) is 3.61. The first-order valence-corrected chi connectivity index (χ1v) is 7.29. The van der Waals surface area contributed by atoms with Gasteiger partial charge in [0.05, 0.1) is 10.7 Å². The number of hydrogen-bond acceptors (Lipinski definition) is 2. The fourth-order valence-corrected chi connectivity index (χ4v) is 2.25. The summed E-state index contributed by atoms with van der Waals surface area (Å²) in [6, 6.07) is 12.3. The minimum Gasteiger partial charge on any atom is -0.360 e. The van der Waals surface area contributed by atoms with E-state index in [1.165, 1.54) is 6.08 Å². The van der Waals surface area contributed by atoms with E-state index in [4.69, 9.17) is 23.2 Å². The maximum atomic E-state index is 11.9. The molecule has 2 rings (SSSR count). The Bertz CT molecular complexity index is 653. The van der Waals surface area contributed by atoms with Gasteiger partial charge < -0.3 is 5.32 Å². The monoisotopic (exact) mass is 369 g/mol. The van der Waals surface area contributed by atoms with E-state index >= 15 is 0 Å². The number of ketones is 1. The van der Waals surface area contributed by atoms with E-state index in [1.807, 2.05) is 12.1 Å². The second-order valence-corrected chi connectivity index (χ2v) is 5.73. The van der Waals surface area contributed by atoms with Crippen LogP contribution in [-0.4, -0.2) is 5.78 Å².